The van der Waals surface area contributed by atoms with E-state index in [1.165, 1.54) is 0 Å². The third-order valence-corrected chi connectivity index (χ3v) is 3.36. The molecule has 5 heteroatoms. The monoisotopic (exact) mass is 298 g/mol. The summed E-state index contributed by atoms with van der Waals surface area (Å²) in [4.78, 5) is 11.7. The number of nitrogens with one attached hydrogen (secondary N) is 1. The maximum absolute atomic E-state index is 11.7. The van der Waals surface area contributed by atoms with Crippen molar-refractivity contribution in [3.63, 3.8) is 0 Å². The van der Waals surface area contributed by atoms with E-state index in [0.29, 0.717) is 11.4 Å². The van der Waals surface area contributed by atoms with Crippen LogP contribution in [0, 0.1) is 0 Å². The average molecular weight is 299 g/mol. The predicted octanol–water partition coefficient (Wildman–Crippen LogP) is 2.08. The topological polar surface area (TPSA) is 64.3 Å². The minimum Gasteiger partial charge on any atom is -0.479 e. The van der Waals surface area contributed by atoms with Crippen molar-refractivity contribution in [2.24, 2.45) is 0 Å². The summed E-state index contributed by atoms with van der Waals surface area (Å²) in [7, 11) is 0. The zero-order chi connectivity index (χ0) is 12.3. The van der Waals surface area contributed by atoms with Gasteiger partial charge >= 0.3 is 0 Å². The van der Waals surface area contributed by atoms with Crippen molar-refractivity contribution in [1.29, 1.82) is 0 Å². The summed E-state index contributed by atoms with van der Waals surface area (Å²) in [6, 6.07) is 5.33. The van der Waals surface area contributed by atoms with Gasteiger partial charge in [0.1, 0.15) is 5.75 Å². The molecule has 17 heavy (non-hydrogen) atoms. The first-order valence-electron chi connectivity index (χ1n) is 5.66. The second-order valence-corrected chi connectivity index (χ2v) is 4.94. The van der Waals surface area contributed by atoms with Gasteiger partial charge in [-0.1, -0.05) is 0 Å². The molecule has 1 unspecified atom stereocenters. The van der Waals surface area contributed by atoms with E-state index in [1.807, 2.05) is 6.07 Å². The number of anilines is 1. The Bertz CT molecular complexity index is 423. The van der Waals surface area contributed by atoms with E-state index < -0.39 is 6.10 Å². The zero-order valence-corrected chi connectivity index (χ0v) is 11.0. The molecule has 1 saturated heterocycles. The molecule has 3 N–H and O–H groups in total. The van der Waals surface area contributed by atoms with Crippen LogP contribution >= 0.6 is 15.9 Å². The smallest absolute Gasteiger partial charge is 0.261 e. The van der Waals surface area contributed by atoms with Gasteiger partial charge in [0.2, 0.25) is 0 Å². The Labute approximate surface area is 109 Å². The summed E-state index contributed by atoms with van der Waals surface area (Å²) >= 11 is 3.38. The van der Waals surface area contributed by atoms with Crippen molar-refractivity contribution >= 4 is 27.5 Å². The van der Waals surface area contributed by atoms with Crippen LogP contribution in [0.2, 0.25) is 0 Å². The molecule has 1 heterocycles. The fourth-order valence-electron chi connectivity index (χ4n) is 1.79. The van der Waals surface area contributed by atoms with Crippen LogP contribution in [0.25, 0.3) is 0 Å². The van der Waals surface area contributed by atoms with Gasteiger partial charge < -0.3 is 15.8 Å². The fourth-order valence-corrected chi connectivity index (χ4v) is 2.13. The lowest BCUT2D eigenvalue weighted by atomic mass is 10.2. The highest BCUT2D eigenvalue weighted by molar-refractivity contribution is 9.10. The van der Waals surface area contributed by atoms with Crippen LogP contribution < -0.4 is 15.8 Å². The molecule has 1 atom stereocenters. The van der Waals surface area contributed by atoms with E-state index >= 15 is 0 Å². The number of hydrogen-bond acceptors (Lipinski definition) is 3. The maximum Gasteiger partial charge on any atom is 0.261 e. The quantitative estimate of drug-likeness (QED) is 0.822. The Morgan fingerprint density at radius 2 is 2.24 bits per heavy atom. The Kier molecular flexibility index (Phi) is 3.89. The minimum absolute atomic E-state index is 0.0446. The molecule has 0 radical (unpaired) electrons. The van der Waals surface area contributed by atoms with Crippen molar-refractivity contribution in [3.05, 3.63) is 22.7 Å². The van der Waals surface area contributed by atoms with Gasteiger partial charge in [-0.25, -0.2) is 0 Å². The van der Waals surface area contributed by atoms with Crippen molar-refractivity contribution in [2.75, 3.05) is 12.3 Å². The molecular formula is C12H15BrN2O2. The molecule has 2 rings (SSSR count). The third-order valence-electron chi connectivity index (χ3n) is 2.71. The average Bonchev–Trinajstić information content (AvgIpc) is 2.50. The minimum atomic E-state index is -0.421. The second-order valence-electron chi connectivity index (χ2n) is 4.08. The highest BCUT2D eigenvalue weighted by Gasteiger charge is 2.23. The molecule has 1 aromatic carbocycles. The number of amides is 1. The largest absolute Gasteiger partial charge is 0.479 e. The summed E-state index contributed by atoms with van der Waals surface area (Å²) in [6.45, 7) is 0.733. The molecule has 4 nitrogen and oxygen atoms in total. The third kappa shape index (κ3) is 3.12. The number of rotatable bonds is 2. The highest BCUT2D eigenvalue weighted by Crippen LogP contribution is 2.28. The van der Waals surface area contributed by atoms with Gasteiger partial charge in [0.05, 0.1) is 4.47 Å². The van der Waals surface area contributed by atoms with Crippen molar-refractivity contribution in [1.82, 2.24) is 5.32 Å². The van der Waals surface area contributed by atoms with Crippen LogP contribution in [0.15, 0.2) is 22.7 Å². The molecule has 1 amide bonds. The first kappa shape index (κ1) is 12.2. The Balaban J connectivity index is 2.13. The second kappa shape index (κ2) is 5.40. The molecule has 1 aromatic rings. The molecule has 1 aliphatic rings. The number of halogens is 1. The first-order valence-corrected chi connectivity index (χ1v) is 6.45. The molecule has 1 aliphatic heterocycles. The van der Waals surface area contributed by atoms with E-state index in [9.17, 15) is 4.79 Å². The molecule has 0 aromatic heterocycles. The van der Waals surface area contributed by atoms with Crippen molar-refractivity contribution in [2.45, 2.75) is 25.4 Å². The van der Waals surface area contributed by atoms with Crippen LogP contribution in [0.1, 0.15) is 19.3 Å². The summed E-state index contributed by atoms with van der Waals surface area (Å²) in [5.41, 5.74) is 6.32. The Hall–Kier alpha value is -1.23. The number of carbonyl (C=O) groups excluding carboxylic acids is 1. The number of hydrogen-bond donors (Lipinski definition) is 2. The zero-order valence-electron chi connectivity index (χ0n) is 9.41. The molecule has 0 spiro atoms. The lowest BCUT2D eigenvalue weighted by Crippen LogP contribution is -2.36. The lowest BCUT2D eigenvalue weighted by Gasteiger charge is -2.17. The lowest BCUT2D eigenvalue weighted by molar-refractivity contribution is -0.127. The van der Waals surface area contributed by atoms with Crippen LogP contribution in [-0.2, 0) is 4.79 Å². The van der Waals surface area contributed by atoms with Gasteiger partial charge in [0.25, 0.3) is 5.91 Å². The summed E-state index contributed by atoms with van der Waals surface area (Å²) in [6.07, 6.45) is 2.32. The van der Waals surface area contributed by atoms with E-state index in [4.69, 9.17) is 10.5 Å². The molecular weight excluding hydrogens is 284 g/mol. The number of carbonyl (C=O) groups is 1. The number of nitrogens with two attached hydrogens (primary N) is 1. The van der Waals surface area contributed by atoms with Gasteiger partial charge in [-0.2, -0.15) is 0 Å². The van der Waals surface area contributed by atoms with Crippen LogP contribution in [-0.4, -0.2) is 18.6 Å². The normalized spacial score (nSPS) is 20.5. The molecule has 92 valence electrons. The Morgan fingerprint density at radius 3 is 3.06 bits per heavy atom. The molecule has 0 saturated carbocycles. The van der Waals surface area contributed by atoms with Gasteiger partial charge in [-0.15, -0.1) is 0 Å². The summed E-state index contributed by atoms with van der Waals surface area (Å²) in [5.74, 6) is 0.573. The SMILES string of the molecule is Nc1ccc(Br)c(OC2CCCCNC2=O)c1. The van der Waals surface area contributed by atoms with Crippen LogP contribution in [0.3, 0.4) is 0 Å². The molecule has 0 bridgehead atoms. The van der Waals surface area contributed by atoms with Crippen LogP contribution in [0.5, 0.6) is 5.75 Å². The van der Waals surface area contributed by atoms with Gasteiger partial charge in [0.15, 0.2) is 6.10 Å². The summed E-state index contributed by atoms with van der Waals surface area (Å²) < 4.78 is 6.53. The number of ether oxygens (including phenoxy) is 1. The molecule has 0 aliphatic carbocycles. The van der Waals surface area contributed by atoms with E-state index in [2.05, 4.69) is 21.2 Å². The maximum atomic E-state index is 11.7. The fraction of sp³-hybridized carbons (Fsp3) is 0.417. The molecule has 1 fully saturated rings. The van der Waals surface area contributed by atoms with Crippen LogP contribution in [0.4, 0.5) is 5.69 Å². The van der Waals surface area contributed by atoms with Gasteiger partial charge in [0, 0.05) is 18.3 Å². The van der Waals surface area contributed by atoms with E-state index in [-0.39, 0.29) is 5.91 Å². The number of benzene rings is 1. The van der Waals surface area contributed by atoms with Gasteiger partial charge in [-0.3, -0.25) is 4.79 Å². The number of nitrogen functional groups attached to an aromatic ring is 1. The standard InChI is InChI=1S/C12H15BrN2O2/c13-9-5-4-8(14)7-11(9)17-10-3-1-2-6-15-12(10)16/h4-5,7,10H,1-3,6,14H2,(H,15,16). The van der Waals surface area contributed by atoms with Crippen molar-refractivity contribution < 1.29 is 9.53 Å². The van der Waals surface area contributed by atoms with Gasteiger partial charge in [-0.05, 0) is 47.3 Å². The predicted molar refractivity (Wildman–Crippen MR) is 69.8 cm³/mol. The van der Waals surface area contributed by atoms with Crippen molar-refractivity contribution in [3.8, 4) is 5.75 Å². The van der Waals surface area contributed by atoms with E-state index in [1.54, 1.807) is 12.1 Å². The first-order chi connectivity index (χ1) is 8.16. The van der Waals surface area contributed by atoms with E-state index in [0.717, 1.165) is 30.3 Å². The summed E-state index contributed by atoms with van der Waals surface area (Å²) in [5, 5.41) is 2.84. The highest BCUT2D eigenvalue weighted by atomic mass is 79.9. The Morgan fingerprint density at radius 1 is 1.41 bits per heavy atom.